The van der Waals surface area contributed by atoms with Crippen LogP contribution in [0.15, 0.2) is 0 Å². The molecule has 0 rings (SSSR count). The SMILES string of the molecule is O.[Cd+2].[O-2].[O-2].[O-2].[O-2].[O-2].[SeH2].[Si+4].[Ti+4]. The van der Waals surface area contributed by atoms with E-state index in [-0.39, 0.29) is 110 Å². The third kappa shape index (κ3) is 186. The molecule has 0 aromatic heterocycles. The van der Waals surface area contributed by atoms with Crippen LogP contribution in [-0.4, -0.2) is 33.5 Å². The van der Waals surface area contributed by atoms with Crippen molar-refractivity contribution in [2.75, 3.05) is 0 Å². The smallest absolute Gasteiger partial charge is 4.00 e. The van der Waals surface area contributed by atoms with Crippen LogP contribution in [0.25, 0.3) is 0 Å². The molecular weight excluding hydrogens is 363 g/mol. The Bertz CT molecular complexity index is 17.7. The molecule has 0 saturated carbocycles. The van der Waals surface area contributed by atoms with Gasteiger partial charge in [0.2, 0.25) is 0 Å². The fourth-order valence-corrected chi connectivity index (χ4v) is 0. The molecule has 2 N–H and O–H groups in total. The summed E-state index contributed by atoms with van der Waals surface area (Å²) in [5.74, 6) is 0. The number of hydrogen-bond acceptors (Lipinski definition) is 0. The molecule has 6 nitrogen and oxygen atoms in total. The van der Waals surface area contributed by atoms with Crippen molar-refractivity contribution < 1.29 is 81.9 Å². The van der Waals surface area contributed by atoms with Crippen molar-refractivity contribution in [2.45, 2.75) is 0 Å². The van der Waals surface area contributed by atoms with Crippen LogP contribution in [0.5, 0.6) is 0 Å². The zero-order chi connectivity index (χ0) is 0. The third-order valence-corrected chi connectivity index (χ3v) is 0. The van der Waals surface area contributed by atoms with E-state index in [1.807, 2.05) is 0 Å². The van der Waals surface area contributed by atoms with Gasteiger partial charge >= 0.3 is 77.1 Å². The molecule has 0 aliphatic heterocycles. The molecule has 10 heteroatoms. The van der Waals surface area contributed by atoms with Gasteiger partial charge in [-0.3, -0.25) is 0 Å². The van der Waals surface area contributed by atoms with Crippen molar-refractivity contribution in [1.29, 1.82) is 0 Å². The molecule has 0 radical (unpaired) electrons. The minimum atomic E-state index is 0. The van der Waals surface area contributed by atoms with Gasteiger partial charge in [0.1, 0.15) is 0 Å². The molecule has 0 saturated heterocycles. The monoisotopic (exact) mass is 370 g/mol. The van der Waals surface area contributed by atoms with E-state index in [0.29, 0.717) is 0 Å². The van der Waals surface area contributed by atoms with Gasteiger partial charge in [-0.2, -0.15) is 0 Å². The second-order valence-electron chi connectivity index (χ2n) is 0. The van der Waals surface area contributed by atoms with Gasteiger partial charge in [-0.15, -0.1) is 0 Å². The van der Waals surface area contributed by atoms with E-state index in [0.717, 1.165) is 0 Å². The Labute approximate surface area is 109 Å². The van der Waals surface area contributed by atoms with Crippen molar-refractivity contribution >= 4 is 28.0 Å². The Morgan fingerprint density at radius 2 is 0.600 bits per heavy atom. The molecule has 0 spiro atoms. The zero-order valence-corrected chi connectivity index (χ0v) is 13.4. The summed E-state index contributed by atoms with van der Waals surface area (Å²) in [4.78, 5) is 0. The van der Waals surface area contributed by atoms with Crippen LogP contribution < -0.4 is 0 Å². The summed E-state index contributed by atoms with van der Waals surface area (Å²) in [5.41, 5.74) is 0. The van der Waals surface area contributed by atoms with Gasteiger partial charge in [-0.1, -0.05) is 0 Å². The van der Waals surface area contributed by atoms with Gasteiger partial charge in [0, 0.05) is 0 Å². The minimum absolute atomic E-state index is 0. The van der Waals surface area contributed by atoms with Crippen LogP contribution in [0.1, 0.15) is 0 Å². The second kappa shape index (κ2) is 251. The summed E-state index contributed by atoms with van der Waals surface area (Å²) in [6.45, 7) is 0. The first-order valence-corrected chi connectivity index (χ1v) is 0. The van der Waals surface area contributed by atoms with E-state index >= 15 is 0 Å². The average molecular weight is 367 g/mol. The summed E-state index contributed by atoms with van der Waals surface area (Å²) in [5, 5.41) is 0. The molecule has 0 heterocycles. The van der Waals surface area contributed by atoms with Crippen molar-refractivity contribution in [3.8, 4) is 0 Å². The van der Waals surface area contributed by atoms with E-state index in [4.69, 9.17) is 0 Å². The topological polar surface area (TPSA) is 174 Å². The Kier molecular flexibility index (Phi) is 8310. The van der Waals surface area contributed by atoms with E-state index in [2.05, 4.69) is 0 Å². The first-order valence-electron chi connectivity index (χ1n) is 0. The quantitative estimate of drug-likeness (QED) is 0.405. The van der Waals surface area contributed by atoms with Crippen molar-refractivity contribution in [1.82, 2.24) is 0 Å². The van der Waals surface area contributed by atoms with E-state index in [1.54, 1.807) is 0 Å². The molecule has 0 amide bonds. The summed E-state index contributed by atoms with van der Waals surface area (Å²) >= 11 is 0. The molecular formula is H4CdO6SeSiTi. The molecule has 0 aliphatic carbocycles. The summed E-state index contributed by atoms with van der Waals surface area (Å²) in [6, 6.07) is 0. The Morgan fingerprint density at radius 1 is 0.600 bits per heavy atom. The maximum atomic E-state index is 0. The molecule has 0 aromatic rings. The average Bonchev–Trinajstić information content (AvgIpc) is 0. The molecule has 10 heavy (non-hydrogen) atoms. The largest absolute Gasteiger partial charge is 4.00 e. The van der Waals surface area contributed by atoms with Crippen LogP contribution in [0.2, 0.25) is 0 Å². The van der Waals surface area contributed by atoms with Crippen LogP contribution in [0, 0.1) is 0 Å². The maximum Gasteiger partial charge on any atom is 4.00 e. The van der Waals surface area contributed by atoms with Crippen molar-refractivity contribution in [2.24, 2.45) is 0 Å². The number of hydrogen-bond donors (Lipinski definition) is 0. The zero-order valence-electron chi connectivity index (χ0n) is 4.75. The Hall–Kier alpha value is 2.13. The fraction of sp³-hybridized carbons (Fsp3) is 0. The predicted octanol–water partition coefficient (Wildman–Crippen LogP) is -2.72. The molecule has 56 valence electrons. The van der Waals surface area contributed by atoms with E-state index in [1.165, 1.54) is 0 Å². The van der Waals surface area contributed by atoms with Gasteiger partial charge in [0.25, 0.3) is 0 Å². The van der Waals surface area contributed by atoms with Gasteiger partial charge < -0.3 is 32.9 Å². The van der Waals surface area contributed by atoms with Crippen molar-refractivity contribution in [3.05, 3.63) is 0 Å². The van der Waals surface area contributed by atoms with Gasteiger partial charge in [0.15, 0.2) is 0 Å². The first kappa shape index (κ1) is 331. The molecule has 0 fully saturated rings. The maximum absolute atomic E-state index is 0. The van der Waals surface area contributed by atoms with E-state index in [9.17, 15) is 0 Å². The first-order chi connectivity index (χ1) is 0. The second-order valence-corrected chi connectivity index (χ2v) is 0. The molecule has 0 aromatic carbocycles. The molecule has 0 bridgehead atoms. The van der Waals surface area contributed by atoms with Crippen molar-refractivity contribution in [3.63, 3.8) is 0 Å². The van der Waals surface area contributed by atoms with E-state index < -0.39 is 0 Å². The minimum Gasteiger partial charge on any atom is 4.00 e. The van der Waals surface area contributed by atoms with Gasteiger partial charge in [-0.05, 0) is 0 Å². The van der Waals surface area contributed by atoms with Gasteiger partial charge in [0.05, 0.1) is 0 Å². The van der Waals surface area contributed by atoms with Gasteiger partial charge in [-0.25, -0.2) is 0 Å². The third-order valence-electron chi connectivity index (χ3n) is 0. The Morgan fingerprint density at radius 3 is 0.600 bits per heavy atom. The van der Waals surface area contributed by atoms with Crippen LogP contribution in [0.4, 0.5) is 0 Å². The number of rotatable bonds is 0. The normalized spacial score (nSPS) is 0. The predicted molar refractivity (Wildman–Crippen MR) is 21.3 cm³/mol. The standard InChI is InChI=1S/Cd.H2O.5O.H2Se.Si.Ti/h;1H2;;;;;;1H2;;/q+2;;5*-2;;2*+4. The Balaban J connectivity index is 0. The van der Waals surface area contributed by atoms with Crippen LogP contribution in [-0.2, 0) is 76.4 Å². The molecule has 0 aliphatic rings. The summed E-state index contributed by atoms with van der Waals surface area (Å²) in [7, 11) is 0. The molecule has 0 unspecified atom stereocenters. The summed E-state index contributed by atoms with van der Waals surface area (Å²) in [6.07, 6.45) is 0. The summed E-state index contributed by atoms with van der Waals surface area (Å²) < 4.78 is 0. The molecule has 0 atom stereocenters. The van der Waals surface area contributed by atoms with Crippen LogP contribution >= 0.6 is 0 Å². The van der Waals surface area contributed by atoms with Crippen LogP contribution in [0.3, 0.4) is 0 Å². The fourth-order valence-electron chi connectivity index (χ4n) is 0.